The quantitative estimate of drug-likeness (QED) is 0.572. The van der Waals surface area contributed by atoms with E-state index in [0.717, 1.165) is 5.92 Å². The van der Waals surface area contributed by atoms with Gasteiger partial charge in [0, 0.05) is 0 Å². The predicted molar refractivity (Wildman–Crippen MR) is 62.4 cm³/mol. The smallest absolute Gasteiger partial charge is 0.0234 e. The standard InChI is InChI=1S/C12H24.H3N/c1-4-7-10-12(9-6-3)11-8-5-2;/h6,9,12H,4-5,7-8,10-11H2,1-3H3;1H3. The van der Waals surface area contributed by atoms with Crippen LogP contribution in [0.2, 0.25) is 0 Å². The van der Waals surface area contributed by atoms with E-state index in [-0.39, 0.29) is 6.15 Å². The van der Waals surface area contributed by atoms with E-state index in [1.807, 2.05) is 0 Å². The lowest BCUT2D eigenvalue weighted by Crippen LogP contribution is -1.95. The first-order valence-corrected chi connectivity index (χ1v) is 5.47. The van der Waals surface area contributed by atoms with Gasteiger partial charge in [-0.1, -0.05) is 51.7 Å². The second-order valence-electron chi connectivity index (χ2n) is 3.57. The van der Waals surface area contributed by atoms with Gasteiger partial charge in [-0.05, 0) is 25.7 Å². The molecule has 0 saturated heterocycles. The van der Waals surface area contributed by atoms with Gasteiger partial charge >= 0.3 is 0 Å². The second kappa shape index (κ2) is 11.7. The third-order valence-electron chi connectivity index (χ3n) is 2.32. The van der Waals surface area contributed by atoms with Crippen molar-refractivity contribution in [2.45, 2.75) is 59.3 Å². The Morgan fingerprint density at radius 3 is 1.77 bits per heavy atom. The summed E-state index contributed by atoms with van der Waals surface area (Å²) in [5, 5.41) is 0. The van der Waals surface area contributed by atoms with Crippen LogP contribution in [0.15, 0.2) is 12.2 Å². The van der Waals surface area contributed by atoms with Gasteiger partial charge in [-0.3, -0.25) is 0 Å². The summed E-state index contributed by atoms with van der Waals surface area (Å²) in [7, 11) is 0. The molecule has 0 spiro atoms. The Balaban J connectivity index is 0. The zero-order chi connectivity index (χ0) is 9.23. The lowest BCUT2D eigenvalue weighted by molar-refractivity contribution is 0.497. The minimum absolute atomic E-state index is 0. The third-order valence-corrected chi connectivity index (χ3v) is 2.32. The van der Waals surface area contributed by atoms with Gasteiger partial charge in [0.05, 0.1) is 0 Å². The Labute approximate surface area is 84.2 Å². The molecule has 0 aromatic carbocycles. The van der Waals surface area contributed by atoms with Gasteiger partial charge in [-0.2, -0.15) is 0 Å². The molecule has 0 aliphatic heterocycles. The molecular formula is C12H27N. The normalized spacial score (nSPS) is 10.8. The van der Waals surface area contributed by atoms with Gasteiger partial charge in [-0.25, -0.2) is 0 Å². The van der Waals surface area contributed by atoms with E-state index in [4.69, 9.17) is 0 Å². The minimum atomic E-state index is 0. The molecule has 1 heteroatoms. The van der Waals surface area contributed by atoms with Gasteiger partial charge in [-0.15, -0.1) is 0 Å². The topological polar surface area (TPSA) is 35.0 Å². The number of allylic oxidation sites excluding steroid dienone is 2. The molecule has 0 aromatic heterocycles. The average molecular weight is 185 g/mol. The van der Waals surface area contributed by atoms with E-state index < -0.39 is 0 Å². The molecule has 0 aromatic rings. The predicted octanol–water partition coefficient (Wildman–Crippen LogP) is 4.72. The second-order valence-corrected chi connectivity index (χ2v) is 3.57. The first-order valence-electron chi connectivity index (χ1n) is 5.47. The van der Waals surface area contributed by atoms with Crippen molar-refractivity contribution in [2.75, 3.05) is 0 Å². The lowest BCUT2D eigenvalue weighted by atomic mass is 9.96. The summed E-state index contributed by atoms with van der Waals surface area (Å²) in [6.07, 6.45) is 12.8. The molecular weight excluding hydrogens is 158 g/mol. The maximum Gasteiger partial charge on any atom is -0.0234 e. The highest BCUT2D eigenvalue weighted by atomic mass is 14.1. The summed E-state index contributed by atoms with van der Waals surface area (Å²) in [6.45, 7) is 6.67. The molecule has 3 N–H and O–H groups in total. The fourth-order valence-corrected chi connectivity index (χ4v) is 1.54. The molecule has 0 bridgehead atoms. The first kappa shape index (κ1) is 15.2. The highest BCUT2D eigenvalue weighted by molar-refractivity contribution is 4.85. The van der Waals surface area contributed by atoms with E-state index >= 15 is 0 Å². The summed E-state index contributed by atoms with van der Waals surface area (Å²) in [4.78, 5) is 0. The molecule has 0 atom stereocenters. The summed E-state index contributed by atoms with van der Waals surface area (Å²) in [5.74, 6) is 0.856. The van der Waals surface area contributed by atoms with E-state index in [0.29, 0.717) is 0 Å². The Morgan fingerprint density at radius 2 is 1.46 bits per heavy atom. The Hall–Kier alpha value is -0.300. The molecule has 80 valence electrons. The largest absolute Gasteiger partial charge is 0.344 e. The molecule has 13 heavy (non-hydrogen) atoms. The number of hydrogen-bond acceptors (Lipinski definition) is 1. The van der Waals surface area contributed by atoms with Crippen LogP contribution in [0.25, 0.3) is 0 Å². The molecule has 1 nitrogen and oxygen atoms in total. The monoisotopic (exact) mass is 185 g/mol. The van der Waals surface area contributed by atoms with Crippen molar-refractivity contribution in [3.05, 3.63) is 12.2 Å². The summed E-state index contributed by atoms with van der Waals surface area (Å²) in [6, 6.07) is 0. The highest BCUT2D eigenvalue weighted by Crippen LogP contribution is 2.17. The van der Waals surface area contributed by atoms with Crippen molar-refractivity contribution in [3.63, 3.8) is 0 Å². The molecule has 0 heterocycles. The Bertz CT molecular complexity index is 99.7. The molecule has 0 fully saturated rings. The summed E-state index contributed by atoms with van der Waals surface area (Å²) < 4.78 is 0. The van der Waals surface area contributed by atoms with Crippen LogP contribution in [-0.2, 0) is 0 Å². The van der Waals surface area contributed by atoms with Crippen LogP contribution in [0.4, 0.5) is 0 Å². The van der Waals surface area contributed by atoms with Crippen LogP contribution in [0.5, 0.6) is 0 Å². The zero-order valence-electron chi connectivity index (χ0n) is 9.68. The number of unbranched alkanes of at least 4 members (excludes halogenated alkanes) is 2. The molecule has 0 amide bonds. The third kappa shape index (κ3) is 9.62. The first-order chi connectivity index (χ1) is 5.85. The maximum atomic E-state index is 2.38. The average Bonchev–Trinajstić information content (AvgIpc) is 2.10. The molecule has 0 radical (unpaired) electrons. The molecule has 0 saturated carbocycles. The van der Waals surface area contributed by atoms with Crippen LogP contribution in [-0.4, -0.2) is 0 Å². The Kier molecular flexibility index (Phi) is 13.7. The van der Waals surface area contributed by atoms with Crippen LogP contribution >= 0.6 is 0 Å². The van der Waals surface area contributed by atoms with E-state index in [9.17, 15) is 0 Å². The van der Waals surface area contributed by atoms with Gasteiger partial charge in [0.25, 0.3) is 0 Å². The van der Waals surface area contributed by atoms with Crippen LogP contribution in [0.3, 0.4) is 0 Å². The van der Waals surface area contributed by atoms with Gasteiger partial charge in [0.2, 0.25) is 0 Å². The van der Waals surface area contributed by atoms with Crippen LogP contribution < -0.4 is 6.15 Å². The van der Waals surface area contributed by atoms with Crippen molar-refractivity contribution in [3.8, 4) is 0 Å². The van der Waals surface area contributed by atoms with Crippen molar-refractivity contribution < 1.29 is 0 Å². The summed E-state index contributed by atoms with van der Waals surface area (Å²) >= 11 is 0. The Morgan fingerprint density at radius 1 is 1.00 bits per heavy atom. The van der Waals surface area contributed by atoms with Crippen molar-refractivity contribution in [2.24, 2.45) is 5.92 Å². The molecule has 0 rings (SSSR count). The van der Waals surface area contributed by atoms with Crippen molar-refractivity contribution in [1.29, 1.82) is 0 Å². The summed E-state index contributed by atoms with van der Waals surface area (Å²) in [5.41, 5.74) is 0. The van der Waals surface area contributed by atoms with Crippen LogP contribution in [0.1, 0.15) is 59.3 Å². The SMILES string of the molecule is CC=CC(CCCC)CCCC.N. The highest BCUT2D eigenvalue weighted by Gasteiger charge is 2.02. The molecule has 0 aliphatic carbocycles. The van der Waals surface area contributed by atoms with Gasteiger partial charge in [0.15, 0.2) is 0 Å². The van der Waals surface area contributed by atoms with Crippen molar-refractivity contribution >= 4 is 0 Å². The van der Waals surface area contributed by atoms with Crippen LogP contribution in [0, 0.1) is 5.92 Å². The van der Waals surface area contributed by atoms with Gasteiger partial charge < -0.3 is 6.15 Å². The van der Waals surface area contributed by atoms with E-state index in [1.54, 1.807) is 0 Å². The minimum Gasteiger partial charge on any atom is -0.344 e. The van der Waals surface area contributed by atoms with Crippen molar-refractivity contribution in [1.82, 2.24) is 6.15 Å². The fourth-order valence-electron chi connectivity index (χ4n) is 1.54. The van der Waals surface area contributed by atoms with E-state index in [1.165, 1.54) is 38.5 Å². The molecule has 0 unspecified atom stereocenters. The maximum absolute atomic E-state index is 2.38. The molecule has 0 aliphatic rings. The van der Waals surface area contributed by atoms with E-state index in [2.05, 4.69) is 32.9 Å². The number of hydrogen-bond donors (Lipinski definition) is 1. The fraction of sp³-hybridized carbons (Fsp3) is 0.833. The lowest BCUT2D eigenvalue weighted by Gasteiger charge is -2.10. The number of rotatable bonds is 7. The van der Waals surface area contributed by atoms with Gasteiger partial charge in [0.1, 0.15) is 0 Å². The zero-order valence-corrected chi connectivity index (χ0v) is 9.68.